The fourth-order valence-corrected chi connectivity index (χ4v) is 6.06. The average molecular weight is 517 g/mol. The Balaban J connectivity index is 1.66. The van der Waals surface area contributed by atoms with Crippen molar-refractivity contribution in [2.75, 3.05) is 13.1 Å². The largest absolute Gasteiger partial charge is 0.416 e. The molecule has 1 aliphatic heterocycles. The molecule has 36 heavy (non-hydrogen) atoms. The van der Waals surface area contributed by atoms with Gasteiger partial charge >= 0.3 is 6.18 Å². The average Bonchev–Trinajstić information content (AvgIpc) is 2.88. The predicted octanol–water partition coefficient (Wildman–Crippen LogP) is 4.66. The highest BCUT2D eigenvalue weighted by atomic mass is 32.2. The monoisotopic (exact) mass is 516 g/mol. The molecule has 3 aromatic rings. The molecule has 1 fully saturated rings. The number of rotatable bonds is 5. The van der Waals surface area contributed by atoms with Gasteiger partial charge in [-0.05, 0) is 54.7 Å². The Morgan fingerprint density at radius 3 is 2.08 bits per heavy atom. The molecule has 2 amide bonds. The molecular formula is C26H23F3N2O4S. The first-order chi connectivity index (χ1) is 17.0. The molecule has 0 saturated carbocycles. The van der Waals surface area contributed by atoms with Gasteiger partial charge in [0.2, 0.25) is 15.7 Å². The van der Waals surface area contributed by atoms with Crippen LogP contribution in [0.1, 0.15) is 50.6 Å². The summed E-state index contributed by atoms with van der Waals surface area (Å²) in [6.07, 6.45) is -4.00. The molecule has 6 nitrogen and oxygen atoms in total. The highest BCUT2D eigenvalue weighted by Crippen LogP contribution is 2.39. The summed E-state index contributed by atoms with van der Waals surface area (Å²) in [6.45, 7) is 0.182. The Morgan fingerprint density at radius 2 is 1.47 bits per heavy atom. The number of hydrogen-bond donors (Lipinski definition) is 1. The molecule has 2 N–H and O–H groups in total. The van der Waals surface area contributed by atoms with Gasteiger partial charge in [0.1, 0.15) is 0 Å². The van der Waals surface area contributed by atoms with Crippen LogP contribution < -0.4 is 5.73 Å². The Kier molecular flexibility index (Phi) is 6.90. The molecule has 0 bridgehead atoms. The molecule has 0 spiro atoms. The van der Waals surface area contributed by atoms with E-state index in [4.69, 9.17) is 5.73 Å². The molecule has 0 radical (unpaired) electrons. The van der Waals surface area contributed by atoms with E-state index in [0.29, 0.717) is 0 Å². The second-order valence-electron chi connectivity index (χ2n) is 8.51. The number of carbonyl (C=O) groups excluding carboxylic acids is 2. The van der Waals surface area contributed by atoms with Gasteiger partial charge in [-0.2, -0.15) is 13.2 Å². The number of halogens is 3. The van der Waals surface area contributed by atoms with Crippen molar-refractivity contribution in [1.82, 2.24) is 4.90 Å². The number of amides is 2. The summed E-state index contributed by atoms with van der Waals surface area (Å²) < 4.78 is 67.2. The van der Waals surface area contributed by atoms with Crippen molar-refractivity contribution in [2.24, 2.45) is 5.73 Å². The van der Waals surface area contributed by atoms with Gasteiger partial charge in [0.15, 0.2) is 0 Å². The Labute approximate surface area is 206 Å². The summed E-state index contributed by atoms with van der Waals surface area (Å²) in [4.78, 5) is 26.7. The zero-order valence-corrected chi connectivity index (χ0v) is 19.9. The third kappa shape index (κ3) is 4.86. The standard InChI is InChI=1S/C26H23F3N2O4S/c27-26(28,29)21-11-5-4-9-19(21)17-13-15-31(16-14-17)25(33)23-20(24(30)32)10-6-12-22(23)36(34,35)18-7-2-1-3-8-18/h1-12,17H,13-16H2,(H2,30,32). The molecule has 0 aromatic heterocycles. The van der Waals surface area contributed by atoms with Gasteiger partial charge in [-0.1, -0.05) is 42.5 Å². The number of primary amides is 1. The zero-order chi connectivity index (χ0) is 26.1. The Morgan fingerprint density at radius 1 is 0.861 bits per heavy atom. The first-order valence-electron chi connectivity index (χ1n) is 11.2. The number of alkyl halides is 3. The quantitative estimate of drug-likeness (QED) is 0.534. The summed E-state index contributed by atoms with van der Waals surface area (Å²) in [5.74, 6) is -2.09. The molecule has 1 saturated heterocycles. The lowest BCUT2D eigenvalue weighted by atomic mass is 9.86. The smallest absolute Gasteiger partial charge is 0.366 e. The van der Waals surface area contributed by atoms with E-state index < -0.39 is 39.3 Å². The highest BCUT2D eigenvalue weighted by Gasteiger charge is 2.37. The minimum atomic E-state index is -4.50. The van der Waals surface area contributed by atoms with Gasteiger partial charge in [-0.25, -0.2) is 8.42 Å². The van der Waals surface area contributed by atoms with Crippen LogP contribution in [0.25, 0.3) is 0 Å². The van der Waals surface area contributed by atoms with Crippen molar-refractivity contribution in [2.45, 2.75) is 34.7 Å². The molecule has 1 aliphatic rings. The van der Waals surface area contributed by atoms with Crippen LogP contribution in [0.2, 0.25) is 0 Å². The second-order valence-corrected chi connectivity index (χ2v) is 10.4. The van der Waals surface area contributed by atoms with Crippen molar-refractivity contribution in [3.8, 4) is 0 Å². The van der Waals surface area contributed by atoms with Crippen LogP contribution in [0, 0.1) is 0 Å². The lowest BCUT2D eigenvalue weighted by molar-refractivity contribution is -0.138. The van der Waals surface area contributed by atoms with Gasteiger partial charge in [0, 0.05) is 13.1 Å². The summed E-state index contributed by atoms with van der Waals surface area (Å²) in [6, 6.07) is 16.7. The minimum absolute atomic E-state index is 0.0527. The first kappa shape index (κ1) is 25.4. The van der Waals surface area contributed by atoms with E-state index in [1.807, 2.05) is 0 Å². The number of likely N-dealkylation sites (tertiary alicyclic amines) is 1. The van der Waals surface area contributed by atoms with Gasteiger partial charge in [0.05, 0.1) is 26.5 Å². The normalized spacial score (nSPS) is 15.0. The van der Waals surface area contributed by atoms with Crippen LogP contribution in [0.15, 0.2) is 82.6 Å². The Bertz CT molecular complexity index is 1400. The fraction of sp³-hybridized carbons (Fsp3) is 0.231. The molecular weight excluding hydrogens is 493 g/mol. The summed E-state index contributed by atoms with van der Waals surface area (Å²) >= 11 is 0. The third-order valence-electron chi connectivity index (χ3n) is 6.34. The van der Waals surface area contributed by atoms with E-state index in [9.17, 15) is 31.2 Å². The van der Waals surface area contributed by atoms with Crippen LogP contribution in [0.3, 0.4) is 0 Å². The topological polar surface area (TPSA) is 97.5 Å². The maximum absolute atomic E-state index is 13.6. The van der Waals surface area contributed by atoms with E-state index in [-0.39, 0.29) is 52.4 Å². The SMILES string of the molecule is NC(=O)c1cccc(S(=O)(=O)c2ccccc2)c1C(=O)N1CCC(c2ccccc2C(F)(F)F)CC1. The lowest BCUT2D eigenvalue weighted by Gasteiger charge is -2.34. The number of carbonyl (C=O) groups is 2. The lowest BCUT2D eigenvalue weighted by Crippen LogP contribution is -2.39. The number of piperidine rings is 1. The van der Waals surface area contributed by atoms with E-state index in [1.54, 1.807) is 12.1 Å². The minimum Gasteiger partial charge on any atom is -0.366 e. The van der Waals surface area contributed by atoms with Crippen molar-refractivity contribution < 1.29 is 31.2 Å². The number of nitrogens with two attached hydrogens (primary N) is 1. The van der Waals surface area contributed by atoms with E-state index in [1.165, 1.54) is 59.5 Å². The van der Waals surface area contributed by atoms with Crippen molar-refractivity contribution in [3.05, 3.63) is 95.1 Å². The van der Waals surface area contributed by atoms with Crippen LogP contribution in [-0.4, -0.2) is 38.2 Å². The molecule has 188 valence electrons. The third-order valence-corrected chi connectivity index (χ3v) is 8.15. The molecule has 1 heterocycles. The maximum atomic E-state index is 13.6. The maximum Gasteiger partial charge on any atom is 0.416 e. The van der Waals surface area contributed by atoms with Crippen molar-refractivity contribution in [3.63, 3.8) is 0 Å². The first-order valence-corrected chi connectivity index (χ1v) is 12.7. The molecule has 0 aliphatic carbocycles. The van der Waals surface area contributed by atoms with Crippen LogP contribution in [0.5, 0.6) is 0 Å². The van der Waals surface area contributed by atoms with E-state index >= 15 is 0 Å². The summed E-state index contributed by atoms with van der Waals surface area (Å²) in [7, 11) is -4.17. The van der Waals surface area contributed by atoms with E-state index in [2.05, 4.69) is 0 Å². The predicted molar refractivity (Wildman–Crippen MR) is 126 cm³/mol. The fourth-order valence-electron chi connectivity index (χ4n) is 4.57. The molecule has 4 rings (SSSR count). The van der Waals surface area contributed by atoms with Crippen LogP contribution in [0.4, 0.5) is 13.2 Å². The zero-order valence-electron chi connectivity index (χ0n) is 19.0. The number of benzene rings is 3. The van der Waals surface area contributed by atoms with Crippen molar-refractivity contribution in [1.29, 1.82) is 0 Å². The Hall–Kier alpha value is -3.66. The van der Waals surface area contributed by atoms with Gasteiger partial charge in [-0.15, -0.1) is 0 Å². The summed E-state index contributed by atoms with van der Waals surface area (Å²) in [5.41, 5.74) is 4.38. The molecule has 3 aromatic carbocycles. The van der Waals surface area contributed by atoms with Crippen molar-refractivity contribution >= 4 is 21.7 Å². The van der Waals surface area contributed by atoms with Gasteiger partial charge in [0.25, 0.3) is 5.91 Å². The van der Waals surface area contributed by atoms with Crippen LogP contribution in [-0.2, 0) is 16.0 Å². The molecule has 10 heteroatoms. The molecule has 0 atom stereocenters. The van der Waals surface area contributed by atoms with E-state index in [0.717, 1.165) is 6.07 Å². The van der Waals surface area contributed by atoms with Gasteiger partial charge < -0.3 is 10.6 Å². The number of hydrogen-bond acceptors (Lipinski definition) is 4. The molecule has 0 unspecified atom stereocenters. The van der Waals surface area contributed by atoms with Gasteiger partial charge in [-0.3, -0.25) is 9.59 Å². The van der Waals surface area contributed by atoms with Crippen LogP contribution >= 0.6 is 0 Å². The summed E-state index contributed by atoms with van der Waals surface area (Å²) in [5, 5.41) is 0. The number of sulfone groups is 1. The highest BCUT2D eigenvalue weighted by molar-refractivity contribution is 7.91. The number of nitrogens with zero attached hydrogens (tertiary/aromatic N) is 1. The second kappa shape index (κ2) is 9.77.